The molecule has 0 saturated carbocycles. The number of piperidine rings is 1. The molecule has 7 nitrogen and oxygen atoms in total. The van der Waals surface area contributed by atoms with Gasteiger partial charge in [0, 0.05) is 19.4 Å². The van der Waals surface area contributed by atoms with Crippen molar-refractivity contribution < 1.29 is 55.7 Å². The van der Waals surface area contributed by atoms with Gasteiger partial charge in [-0.25, -0.2) is 22.8 Å². The first-order valence-electron chi connectivity index (χ1n) is 11.8. The third kappa shape index (κ3) is 10.2. The smallest absolute Gasteiger partial charge is 0.490 e. The molecule has 1 aliphatic heterocycles. The first-order valence-corrected chi connectivity index (χ1v) is 11.8. The summed E-state index contributed by atoms with van der Waals surface area (Å²) < 4.78 is 78.3. The molecule has 2 N–H and O–H groups in total. The highest BCUT2D eigenvalue weighted by Crippen LogP contribution is 2.32. The van der Waals surface area contributed by atoms with Crippen LogP contribution >= 0.6 is 0 Å². The van der Waals surface area contributed by atoms with Crippen LogP contribution in [0.3, 0.4) is 0 Å². The van der Waals surface area contributed by atoms with E-state index >= 15 is 0 Å². The number of carboxylic acids is 2. The number of ether oxygens (including phenoxy) is 1. The lowest BCUT2D eigenvalue weighted by atomic mass is 9.88. The summed E-state index contributed by atoms with van der Waals surface area (Å²) in [5.74, 6) is -6.93. The molecule has 3 rings (SSSR count). The second-order valence-electron chi connectivity index (χ2n) is 8.98. The molecule has 1 aliphatic rings. The van der Waals surface area contributed by atoms with E-state index < -0.39 is 42.4 Å². The topological polar surface area (TPSA) is 104 Å². The van der Waals surface area contributed by atoms with Crippen molar-refractivity contribution in [3.63, 3.8) is 0 Å². The predicted octanol–water partition coefficient (Wildman–Crippen LogP) is 5.40. The van der Waals surface area contributed by atoms with Crippen LogP contribution in [0.15, 0.2) is 48.5 Å². The minimum atomic E-state index is -5.08. The molecule has 0 amide bonds. The molecule has 0 aliphatic carbocycles. The lowest BCUT2D eigenvalue weighted by molar-refractivity contribution is -0.192. The molecule has 0 unspecified atom stereocenters. The normalized spacial score (nSPS) is 17.9. The molecule has 0 spiro atoms. The highest BCUT2D eigenvalue weighted by molar-refractivity contribution is 5.87. The van der Waals surface area contributed by atoms with E-state index in [9.17, 15) is 35.9 Å². The summed E-state index contributed by atoms with van der Waals surface area (Å²) in [6.45, 7) is 1.58. The van der Waals surface area contributed by atoms with E-state index in [1.54, 1.807) is 12.1 Å². The van der Waals surface area contributed by atoms with Gasteiger partial charge in [0.25, 0.3) is 5.92 Å². The van der Waals surface area contributed by atoms with Gasteiger partial charge in [-0.2, -0.15) is 13.2 Å². The molecule has 13 heteroatoms. The average Bonchev–Trinajstić information content (AvgIpc) is 2.84. The van der Waals surface area contributed by atoms with Crippen LogP contribution in [0.2, 0.25) is 0 Å². The van der Waals surface area contributed by atoms with E-state index in [0.29, 0.717) is 5.75 Å². The van der Waals surface area contributed by atoms with Gasteiger partial charge in [-0.1, -0.05) is 19.1 Å². The van der Waals surface area contributed by atoms with Crippen LogP contribution in [0.1, 0.15) is 48.0 Å². The Hall–Kier alpha value is -3.61. The predicted molar refractivity (Wildman–Crippen MR) is 127 cm³/mol. The Bertz CT molecular complexity index is 1120. The quantitative estimate of drug-likeness (QED) is 0.394. The summed E-state index contributed by atoms with van der Waals surface area (Å²) in [4.78, 5) is 34.3. The van der Waals surface area contributed by atoms with Crippen molar-refractivity contribution in [1.29, 1.82) is 0 Å². The SMILES string of the molecule is C[C@H](CC(=O)[C@H]1CCC(F)(F)CN1CCOc1ccc(F)cc1)c1ccc(C(=O)O)cc1.O=C(O)C(F)(F)F. The summed E-state index contributed by atoms with van der Waals surface area (Å²) in [6.07, 6.45) is -5.20. The second-order valence-corrected chi connectivity index (χ2v) is 8.98. The van der Waals surface area contributed by atoms with Gasteiger partial charge in [0.1, 0.15) is 18.2 Å². The molecule has 2 aromatic rings. The first kappa shape index (κ1) is 31.6. The molecule has 0 radical (unpaired) electrons. The Morgan fingerprint density at radius 1 is 1.05 bits per heavy atom. The maximum absolute atomic E-state index is 14.0. The fraction of sp³-hybridized carbons (Fsp3) is 0.423. The van der Waals surface area contributed by atoms with Gasteiger partial charge >= 0.3 is 18.1 Å². The molecule has 0 bridgehead atoms. The maximum atomic E-state index is 14.0. The standard InChI is InChI=1S/C24H26F3NO4.C2HF3O2/c1-16(17-2-4-18(5-3-17)23(30)31)14-22(29)21-10-11-24(26,27)15-28(21)12-13-32-20-8-6-19(25)7-9-20;3-2(4,5)1(6)7/h2-9,16,21H,10-15H2,1H3,(H,30,31);(H,6,7)/t16-,21-;/m1./s1. The van der Waals surface area contributed by atoms with Crippen LogP contribution in [0.5, 0.6) is 5.75 Å². The second kappa shape index (κ2) is 13.5. The summed E-state index contributed by atoms with van der Waals surface area (Å²) >= 11 is 0. The minimum absolute atomic E-state index is 0.0626. The molecule has 2 atom stereocenters. The number of aliphatic carboxylic acids is 1. The first-order chi connectivity index (χ1) is 18.1. The largest absolute Gasteiger partial charge is 0.492 e. The van der Waals surface area contributed by atoms with Crippen molar-refractivity contribution >= 4 is 17.7 Å². The fourth-order valence-corrected chi connectivity index (χ4v) is 3.94. The van der Waals surface area contributed by atoms with E-state index in [1.165, 1.54) is 41.3 Å². The van der Waals surface area contributed by atoms with E-state index in [1.807, 2.05) is 6.92 Å². The number of aromatic carboxylic acids is 1. The maximum Gasteiger partial charge on any atom is 0.490 e. The Kier molecular flexibility index (Phi) is 10.9. The van der Waals surface area contributed by atoms with E-state index in [-0.39, 0.29) is 49.7 Å². The summed E-state index contributed by atoms with van der Waals surface area (Å²) in [5, 5.41) is 16.1. The number of carbonyl (C=O) groups is 3. The van der Waals surface area contributed by atoms with Crippen molar-refractivity contribution in [2.45, 2.75) is 50.2 Å². The van der Waals surface area contributed by atoms with Crippen molar-refractivity contribution in [3.8, 4) is 5.75 Å². The molecule has 2 aromatic carbocycles. The van der Waals surface area contributed by atoms with Crippen molar-refractivity contribution in [1.82, 2.24) is 4.90 Å². The van der Waals surface area contributed by atoms with Crippen LogP contribution in [-0.2, 0) is 9.59 Å². The Morgan fingerprint density at radius 2 is 1.62 bits per heavy atom. The Morgan fingerprint density at radius 3 is 2.13 bits per heavy atom. The highest BCUT2D eigenvalue weighted by atomic mass is 19.4. The number of alkyl halides is 5. The number of halogens is 6. The Labute approximate surface area is 220 Å². The van der Waals surface area contributed by atoms with Gasteiger partial charge in [0.2, 0.25) is 0 Å². The number of carbonyl (C=O) groups excluding carboxylic acids is 1. The molecular weight excluding hydrogens is 536 g/mol. The average molecular weight is 563 g/mol. The lowest BCUT2D eigenvalue weighted by Gasteiger charge is -2.38. The molecular formula is C26H27F6NO6. The molecule has 1 saturated heterocycles. The lowest BCUT2D eigenvalue weighted by Crippen LogP contribution is -2.53. The number of benzene rings is 2. The summed E-state index contributed by atoms with van der Waals surface area (Å²) in [5.41, 5.74) is 0.977. The van der Waals surface area contributed by atoms with Crippen LogP contribution in [0, 0.1) is 5.82 Å². The number of hydrogen-bond donors (Lipinski definition) is 2. The number of ketones is 1. The number of nitrogens with zero attached hydrogens (tertiary/aromatic N) is 1. The number of likely N-dealkylation sites (tertiary alicyclic amines) is 1. The summed E-state index contributed by atoms with van der Waals surface area (Å²) in [6, 6.07) is 11.1. The van der Waals surface area contributed by atoms with Gasteiger partial charge in [0.15, 0.2) is 5.78 Å². The van der Waals surface area contributed by atoms with Gasteiger partial charge in [0.05, 0.1) is 18.2 Å². The highest BCUT2D eigenvalue weighted by Gasteiger charge is 2.42. The molecule has 214 valence electrons. The molecule has 1 fully saturated rings. The Balaban J connectivity index is 0.000000673. The van der Waals surface area contributed by atoms with Crippen LogP contribution in [-0.4, -0.2) is 70.7 Å². The van der Waals surface area contributed by atoms with Crippen molar-refractivity contribution in [2.24, 2.45) is 0 Å². The zero-order valence-corrected chi connectivity index (χ0v) is 20.8. The van der Waals surface area contributed by atoms with Gasteiger partial charge < -0.3 is 14.9 Å². The van der Waals surface area contributed by atoms with E-state index in [0.717, 1.165) is 5.56 Å². The monoisotopic (exact) mass is 563 g/mol. The van der Waals surface area contributed by atoms with Crippen LogP contribution in [0.4, 0.5) is 26.3 Å². The third-order valence-electron chi connectivity index (χ3n) is 5.97. The third-order valence-corrected chi connectivity index (χ3v) is 5.97. The van der Waals surface area contributed by atoms with Crippen LogP contribution in [0.25, 0.3) is 0 Å². The van der Waals surface area contributed by atoms with Crippen molar-refractivity contribution in [2.75, 3.05) is 19.7 Å². The van der Waals surface area contributed by atoms with Crippen molar-refractivity contribution in [3.05, 3.63) is 65.5 Å². The number of carboxylic acid groups (broad SMARTS) is 2. The number of hydrogen-bond acceptors (Lipinski definition) is 5. The zero-order chi connectivity index (χ0) is 29.4. The molecule has 0 aromatic heterocycles. The molecule has 1 heterocycles. The number of Topliss-reactive ketones (excluding diaryl/α,β-unsaturated/α-hetero) is 1. The molecule has 39 heavy (non-hydrogen) atoms. The van der Waals surface area contributed by atoms with Gasteiger partial charge in [-0.3, -0.25) is 9.69 Å². The van der Waals surface area contributed by atoms with Gasteiger partial charge in [-0.05, 0) is 54.3 Å². The fourth-order valence-electron chi connectivity index (χ4n) is 3.94. The van der Waals surface area contributed by atoms with Gasteiger partial charge in [-0.15, -0.1) is 0 Å². The number of rotatable bonds is 9. The van der Waals surface area contributed by atoms with E-state index in [4.69, 9.17) is 19.7 Å². The van der Waals surface area contributed by atoms with E-state index in [2.05, 4.69) is 0 Å². The summed E-state index contributed by atoms with van der Waals surface area (Å²) in [7, 11) is 0. The van der Waals surface area contributed by atoms with Crippen LogP contribution < -0.4 is 4.74 Å². The zero-order valence-electron chi connectivity index (χ0n) is 20.8. The minimum Gasteiger partial charge on any atom is -0.492 e.